The predicted octanol–water partition coefficient (Wildman–Crippen LogP) is 11.1. The molecule has 5 nitrogen and oxygen atoms in total. The van der Waals surface area contributed by atoms with E-state index in [-0.39, 0.29) is 5.92 Å². The largest absolute Gasteiger partial charge is 0.455 e. The first kappa shape index (κ1) is 27.3. The molecule has 0 saturated heterocycles. The number of para-hydroxylation sites is 4. The van der Waals surface area contributed by atoms with Crippen molar-refractivity contribution in [1.82, 2.24) is 9.13 Å². The van der Waals surface area contributed by atoms with Crippen molar-refractivity contribution in [3.63, 3.8) is 0 Å². The Balaban J connectivity index is 1.18. The quantitative estimate of drug-likeness (QED) is 0.196. The number of benzene rings is 6. The van der Waals surface area contributed by atoms with Crippen LogP contribution < -0.4 is 0 Å². The molecule has 0 saturated carbocycles. The highest BCUT2D eigenvalue weighted by Gasteiger charge is 2.29. The van der Waals surface area contributed by atoms with Crippen LogP contribution in [0.2, 0.25) is 0 Å². The zero-order valence-corrected chi connectivity index (χ0v) is 26.3. The summed E-state index contributed by atoms with van der Waals surface area (Å²) >= 11 is 0. The van der Waals surface area contributed by atoms with Crippen LogP contribution >= 0.6 is 0 Å². The first-order valence-corrected chi connectivity index (χ1v) is 16.4. The van der Waals surface area contributed by atoms with E-state index in [1.54, 1.807) is 0 Å². The van der Waals surface area contributed by atoms with Crippen LogP contribution in [0.3, 0.4) is 0 Å². The lowest BCUT2D eigenvalue weighted by atomic mass is 9.82. The molecule has 1 unspecified atom stereocenters. The Kier molecular flexibility index (Phi) is 5.76. The van der Waals surface area contributed by atoms with Crippen LogP contribution in [0.5, 0.6) is 0 Å². The molecule has 0 radical (unpaired) electrons. The van der Waals surface area contributed by atoms with E-state index in [1.807, 2.05) is 48.5 Å². The zero-order chi connectivity index (χ0) is 32.6. The van der Waals surface area contributed by atoms with Gasteiger partial charge in [0.25, 0.3) is 0 Å². The Hall–Kier alpha value is -6.82. The van der Waals surface area contributed by atoms with E-state index in [2.05, 4.69) is 112 Å². The Labute approximate surface area is 281 Å². The van der Waals surface area contributed by atoms with Crippen LogP contribution in [0.25, 0.3) is 76.9 Å². The monoisotopic (exact) mass is 626 g/mol. The number of furan rings is 1. The third-order valence-electron chi connectivity index (χ3n) is 10.2. The fourth-order valence-corrected chi connectivity index (χ4v) is 8.13. The van der Waals surface area contributed by atoms with Gasteiger partial charge in [0, 0.05) is 49.7 Å². The lowest BCUT2D eigenvalue weighted by Gasteiger charge is -2.25. The molecule has 0 spiro atoms. The van der Waals surface area contributed by atoms with Crippen molar-refractivity contribution in [3.8, 4) is 17.8 Å². The van der Waals surface area contributed by atoms with Crippen LogP contribution in [0.15, 0.2) is 150 Å². The molecule has 5 heteroatoms. The van der Waals surface area contributed by atoms with Gasteiger partial charge < -0.3 is 13.6 Å². The summed E-state index contributed by atoms with van der Waals surface area (Å²) in [6.07, 6.45) is 4.79. The van der Waals surface area contributed by atoms with Crippen molar-refractivity contribution in [2.45, 2.75) is 12.3 Å². The minimum Gasteiger partial charge on any atom is -0.455 e. The molecule has 3 aromatic heterocycles. The molecule has 10 rings (SSSR count). The van der Waals surface area contributed by atoms with Crippen LogP contribution in [0, 0.1) is 22.7 Å². The summed E-state index contributed by atoms with van der Waals surface area (Å²) in [5.41, 5.74) is 9.85. The van der Waals surface area contributed by atoms with Crippen molar-refractivity contribution in [1.29, 1.82) is 10.5 Å². The lowest BCUT2D eigenvalue weighted by Crippen LogP contribution is -2.13. The van der Waals surface area contributed by atoms with Gasteiger partial charge in [-0.05, 0) is 61.0 Å². The summed E-state index contributed by atoms with van der Waals surface area (Å²) in [6, 6.07) is 48.5. The molecule has 0 aliphatic heterocycles. The smallest absolute Gasteiger partial charge is 0.145 e. The maximum absolute atomic E-state index is 10.8. The van der Waals surface area contributed by atoms with Gasteiger partial charge in [0.15, 0.2) is 0 Å². The number of hydrogen-bond acceptors (Lipinski definition) is 3. The molecule has 1 atom stereocenters. The van der Waals surface area contributed by atoms with Crippen molar-refractivity contribution in [2.24, 2.45) is 0 Å². The number of nitriles is 2. The van der Waals surface area contributed by atoms with Crippen LogP contribution in [-0.4, -0.2) is 9.13 Å². The van der Waals surface area contributed by atoms with Gasteiger partial charge >= 0.3 is 0 Å². The molecular weight excluding hydrogens is 601 g/mol. The molecule has 3 heterocycles. The highest BCUT2D eigenvalue weighted by molar-refractivity contribution is 6.24. The Morgan fingerprint density at radius 3 is 1.94 bits per heavy atom. The number of hydrogen-bond donors (Lipinski definition) is 0. The van der Waals surface area contributed by atoms with Gasteiger partial charge in [-0.3, -0.25) is 0 Å². The van der Waals surface area contributed by atoms with Gasteiger partial charge in [0.2, 0.25) is 0 Å². The molecule has 0 amide bonds. The Morgan fingerprint density at radius 2 is 1.22 bits per heavy atom. The Morgan fingerprint density at radius 1 is 0.571 bits per heavy atom. The summed E-state index contributed by atoms with van der Waals surface area (Å²) in [4.78, 5) is 0. The zero-order valence-electron chi connectivity index (χ0n) is 26.3. The second-order valence-electron chi connectivity index (χ2n) is 12.6. The predicted molar refractivity (Wildman–Crippen MR) is 198 cm³/mol. The van der Waals surface area contributed by atoms with Crippen molar-refractivity contribution >= 4 is 71.2 Å². The molecule has 0 fully saturated rings. The fourth-order valence-electron chi connectivity index (χ4n) is 8.13. The normalized spacial score (nSPS) is 14.9. The van der Waals surface area contributed by atoms with E-state index < -0.39 is 0 Å². The van der Waals surface area contributed by atoms with Gasteiger partial charge in [-0.1, -0.05) is 84.9 Å². The molecule has 0 bridgehead atoms. The van der Waals surface area contributed by atoms with Crippen LogP contribution in [0.4, 0.5) is 0 Å². The van der Waals surface area contributed by atoms with Gasteiger partial charge in [-0.25, -0.2) is 0 Å². The average Bonchev–Trinajstić information content (AvgIpc) is 3.82. The number of allylic oxidation sites excluding steroid dienone is 4. The van der Waals surface area contributed by atoms with Crippen molar-refractivity contribution < 1.29 is 4.42 Å². The van der Waals surface area contributed by atoms with Gasteiger partial charge in [0.05, 0.1) is 50.8 Å². The van der Waals surface area contributed by atoms with E-state index >= 15 is 0 Å². The maximum Gasteiger partial charge on any atom is 0.145 e. The first-order chi connectivity index (χ1) is 24.2. The summed E-state index contributed by atoms with van der Waals surface area (Å²) in [6.45, 7) is 0. The Bertz CT molecular complexity index is 2950. The number of fused-ring (bicyclic) bond motifs is 10. The summed E-state index contributed by atoms with van der Waals surface area (Å²) in [5.74, 6) is -0.297. The van der Waals surface area contributed by atoms with Crippen LogP contribution in [-0.2, 0) is 0 Å². The van der Waals surface area contributed by atoms with Gasteiger partial charge in [0.1, 0.15) is 11.2 Å². The molecule has 49 heavy (non-hydrogen) atoms. The standard InChI is InChI=1S/C44H26N4O/c45-25-27-10-9-18-39(48-36-15-5-1-11-31(36)32-12-2-6-16-37(32)48)42(27)30-21-20-29(24-28(30)26-46)47-38-17-7-3-14-35(38)43-40(47)23-22-34-33-13-4-8-19-41(33)49-44(34)43/h1-20,22-24,30H,21H2. The second-order valence-corrected chi connectivity index (χ2v) is 12.6. The number of aromatic nitrogens is 2. The summed E-state index contributed by atoms with van der Waals surface area (Å²) in [5, 5.41) is 27.8. The second kappa shape index (κ2) is 10.3. The molecule has 228 valence electrons. The topological polar surface area (TPSA) is 70.6 Å². The minimum atomic E-state index is -0.297. The molecule has 1 aliphatic rings. The van der Waals surface area contributed by atoms with Gasteiger partial charge in [-0.15, -0.1) is 0 Å². The van der Waals surface area contributed by atoms with E-state index in [0.29, 0.717) is 17.6 Å². The third kappa shape index (κ3) is 3.79. The number of nitrogens with zero attached hydrogens (tertiary/aromatic N) is 4. The molecular formula is C44H26N4O. The third-order valence-corrected chi connectivity index (χ3v) is 10.2. The fraction of sp³-hybridized carbons (Fsp3) is 0.0455. The lowest BCUT2D eigenvalue weighted by molar-refractivity contribution is 0.673. The highest BCUT2D eigenvalue weighted by Crippen LogP contribution is 2.45. The molecule has 0 N–H and O–H groups in total. The van der Waals surface area contributed by atoms with E-state index in [4.69, 9.17) is 4.42 Å². The highest BCUT2D eigenvalue weighted by atomic mass is 16.3. The van der Waals surface area contributed by atoms with Crippen molar-refractivity contribution in [2.75, 3.05) is 0 Å². The van der Waals surface area contributed by atoms with Crippen LogP contribution in [0.1, 0.15) is 23.5 Å². The van der Waals surface area contributed by atoms with E-state index in [1.165, 1.54) is 0 Å². The molecule has 6 aromatic carbocycles. The summed E-state index contributed by atoms with van der Waals surface area (Å²) < 4.78 is 11.0. The number of rotatable bonds is 3. The molecule has 1 aliphatic carbocycles. The first-order valence-electron chi connectivity index (χ1n) is 16.4. The minimum absolute atomic E-state index is 0.297. The molecule has 9 aromatic rings. The van der Waals surface area contributed by atoms with Gasteiger partial charge in [-0.2, -0.15) is 10.5 Å². The average molecular weight is 627 g/mol. The van der Waals surface area contributed by atoms with E-state index in [9.17, 15) is 10.5 Å². The summed E-state index contributed by atoms with van der Waals surface area (Å²) in [7, 11) is 0. The van der Waals surface area contributed by atoms with Crippen molar-refractivity contribution in [3.05, 3.63) is 156 Å². The SMILES string of the molecule is N#CC1=CC(n2c3ccccc3c3c4oc5ccccc5c4ccc32)=CCC1c1c(C#N)cccc1-n1c2ccccc2c2ccccc21. The maximum atomic E-state index is 10.8. The van der Waals surface area contributed by atoms with E-state index in [0.717, 1.165) is 82.5 Å².